The Bertz CT molecular complexity index is 506. The standard InChI is InChI=1S/C14H17N3O3/c18-13(19)7-9-5-10-1-2-11(6-9)17(10)14(20)12-8-15-3-4-16-12/h3-4,8-11H,1-2,5-7H2,(H,18,19). The van der Waals surface area contributed by atoms with Gasteiger partial charge in [0.1, 0.15) is 5.69 Å². The van der Waals surface area contributed by atoms with Crippen molar-refractivity contribution >= 4 is 11.9 Å². The second-order valence-corrected chi connectivity index (χ2v) is 5.62. The number of carboxylic acids is 1. The van der Waals surface area contributed by atoms with E-state index in [2.05, 4.69) is 9.97 Å². The number of hydrogen-bond donors (Lipinski definition) is 1. The van der Waals surface area contributed by atoms with E-state index in [0.29, 0.717) is 5.69 Å². The van der Waals surface area contributed by atoms with Crippen LogP contribution in [0, 0.1) is 5.92 Å². The fraction of sp³-hybridized carbons (Fsp3) is 0.571. The summed E-state index contributed by atoms with van der Waals surface area (Å²) in [7, 11) is 0. The highest BCUT2D eigenvalue weighted by Crippen LogP contribution is 2.40. The zero-order valence-electron chi connectivity index (χ0n) is 11.1. The Kier molecular flexibility index (Phi) is 3.38. The number of nitrogens with zero attached hydrogens (tertiary/aromatic N) is 3. The Morgan fingerprint density at radius 1 is 1.25 bits per heavy atom. The Balaban J connectivity index is 1.74. The number of hydrogen-bond acceptors (Lipinski definition) is 4. The summed E-state index contributed by atoms with van der Waals surface area (Å²) in [5, 5.41) is 8.91. The molecule has 3 heterocycles. The zero-order chi connectivity index (χ0) is 14.1. The first kappa shape index (κ1) is 13.0. The third-order valence-electron chi connectivity index (χ3n) is 4.31. The molecule has 0 spiro atoms. The van der Waals surface area contributed by atoms with Crippen molar-refractivity contribution in [1.82, 2.24) is 14.9 Å². The molecule has 1 aromatic rings. The van der Waals surface area contributed by atoms with Gasteiger partial charge in [0.2, 0.25) is 0 Å². The SMILES string of the molecule is O=C(O)CC1CC2CCC(C1)N2C(=O)c1cnccn1. The maximum Gasteiger partial charge on any atom is 0.303 e. The third-order valence-corrected chi connectivity index (χ3v) is 4.31. The molecule has 2 saturated heterocycles. The van der Waals surface area contributed by atoms with Crippen LogP contribution in [0.3, 0.4) is 0 Å². The van der Waals surface area contributed by atoms with Gasteiger partial charge in [-0.05, 0) is 31.6 Å². The van der Waals surface area contributed by atoms with Crippen LogP contribution in [-0.4, -0.2) is 43.9 Å². The molecule has 20 heavy (non-hydrogen) atoms. The van der Waals surface area contributed by atoms with Crippen molar-refractivity contribution in [3.05, 3.63) is 24.3 Å². The van der Waals surface area contributed by atoms with Gasteiger partial charge < -0.3 is 10.0 Å². The van der Waals surface area contributed by atoms with E-state index in [9.17, 15) is 9.59 Å². The summed E-state index contributed by atoms with van der Waals surface area (Å²) < 4.78 is 0. The molecule has 2 unspecified atom stereocenters. The van der Waals surface area contributed by atoms with Crippen LogP contribution < -0.4 is 0 Å². The zero-order valence-corrected chi connectivity index (χ0v) is 11.1. The number of fused-ring (bicyclic) bond motifs is 2. The molecule has 106 valence electrons. The summed E-state index contributed by atoms with van der Waals surface area (Å²) in [5.74, 6) is -0.626. The average Bonchev–Trinajstić information content (AvgIpc) is 2.70. The number of carboxylic acid groups (broad SMARTS) is 1. The molecule has 0 radical (unpaired) electrons. The molecule has 1 aromatic heterocycles. The predicted molar refractivity (Wildman–Crippen MR) is 70.0 cm³/mol. The van der Waals surface area contributed by atoms with Crippen molar-refractivity contribution in [2.24, 2.45) is 5.92 Å². The van der Waals surface area contributed by atoms with Crippen LogP contribution >= 0.6 is 0 Å². The van der Waals surface area contributed by atoms with Crippen LogP contribution in [0.1, 0.15) is 42.6 Å². The van der Waals surface area contributed by atoms with Crippen molar-refractivity contribution < 1.29 is 14.7 Å². The molecule has 2 fully saturated rings. The average molecular weight is 275 g/mol. The van der Waals surface area contributed by atoms with Crippen molar-refractivity contribution in [3.63, 3.8) is 0 Å². The molecule has 3 rings (SSSR count). The number of carbonyl (C=O) groups is 2. The Morgan fingerprint density at radius 2 is 1.95 bits per heavy atom. The van der Waals surface area contributed by atoms with Gasteiger partial charge in [-0.25, -0.2) is 4.98 Å². The van der Waals surface area contributed by atoms with Crippen LogP contribution in [0.15, 0.2) is 18.6 Å². The van der Waals surface area contributed by atoms with E-state index in [1.165, 1.54) is 12.4 Å². The van der Waals surface area contributed by atoms with Gasteiger partial charge in [-0.1, -0.05) is 0 Å². The van der Waals surface area contributed by atoms with Crippen LogP contribution in [0.2, 0.25) is 0 Å². The molecule has 1 amide bonds. The maximum atomic E-state index is 12.5. The second-order valence-electron chi connectivity index (χ2n) is 5.62. The highest BCUT2D eigenvalue weighted by Gasteiger charge is 2.44. The van der Waals surface area contributed by atoms with Gasteiger partial charge in [-0.3, -0.25) is 14.6 Å². The predicted octanol–water partition coefficient (Wildman–Crippen LogP) is 1.33. The molecule has 0 aromatic carbocycles. The van der Waals surface area contributed by atoms with E-state index in [4.69, 9.17) is 5.11 Å². The third kappa shape index (κ3) is 2.37. The maximum absolute atomic E-state index is 12.5. The van der Waals surface area contributed by atoms with Crippen molar-refractivity contribution in [3.8, 4) is 0 Å². The largest absolute Gasteiger partial charge is 0.481 e. The quantitative estimate of drug-likeness (QED) is 0.899. The van der Waals surface area contributed by atoms with E-state index >= 15 is 0 Å². The monoisotopic (exact) mass is 275 g/mol. The molecule has 0 saturated carbocycles. The molecule has 0 aliphatic carbocycles. The van der Waals surface area contributed by atoms with Crippen LogP contribution in [0.25, 0.3) is 0 Å². The number of aromatic nitrogens is 2. The normalized spacial score (nSPS) is 28.4. The van der Waals surface area contributed by atoms with E-state index < -0.39 is 5.97 Å². The first-order valence-electron chi connectivity index (χ1n) is 6.95. The minimum absolute atomic E-state index is 0.0700. The number of piperidine rings is 1. The summed E-state index contributed by atoms with van der Waals surface area (Å²) in [6, 6.07) is 0.320. The van der Waals surface area contributed by atoms with E-state index in [1.54, 1.807) is 6.20 Å². The van der Waals surface area contributed by atoms with Crippen LogP contribution in [-0.2, 0) is 4.79 Å². The van der Waals surface area contributed by atoms with Gasteiger partial charge in [-0.15, -0.1) is 0 Å². The first-order chi connectivity index (χ1) is 9.65. The lowest BCUT2D eigenvalue weighted by molar-refractivity contribution is -0.138. The molecule has 6 heteroatoms. The lowest BCUT2D eigenvalue weighted by Crippen LogP contribution is -2.47. The van der Waals surface area contributed by atoms with Gasteiger partial charge in [0, 0.05) is 30.9 Å². The Morgan fingerprint density at radius 3 is 2.50 bits per heavy atom. The summed E-state index contributed by atoms with van der Waals surface area (Å²) in [6.45, 7) is 0. The van der Waals surface area contributed by atoms with Gasteiger partial charge >= 0.3 is 5.97 Å². The summed E-state index contributed by atoms with van der Waals surface area (Å²) in [4.78, 5) is 33.2. The minimum atomic E-state index is -0.747. The number of aliphatic carboxylic acids is 1. The first-order valence-corrected chi connectivity index (χ1v) is 6.95. The van der Waals surface area contributed by atoms with Gasteiger partial charge in [0.05, 0.1) is 6.20 Å². The molecule has 6 nitrogen and oxygen atoms in total. The van der Waals surface area contributed by atoms with Crippen LogP contribution in [0.4, 0.5) is 0 Å². The van der Waals surface area contributed by atoms with Gasteiger partial charge in [-0.2, -0.15) is 0 Å². The van der Waals surface area contributed by atoms with Gasteiger partial charge in [0.15, 0.2) is 0 Å². The lowest BCUT2D eigenvalue weighted by atomic mass is 9.88. The summed E-state index contributed by atoms with van der Waals surface area (Å²) in [6.07, 6.45) is 8.27. The Labute approximate surface area is 116 Å². The van der Waals surface area contributed by atoms with Crippen LogP contribution in [0.5, 0.6) is 0 Å². The smallest absolute Gasteiger partial charge is 0.303 e. The molecule has 1 N–H and O–H groups in total. The van der Waals surface area contributed by atoms with Crippen molar-refractivity contribution in [1.29, 1.82) is 0 Å². The highest BCUT2D eigenvalue weighted by atomic mass is 16.4. The fourth-order valence-electron chi connectivity index (χ4n) is 3.58. The summed E-state index contributed by atoms with van der Waals surface area (Å²) >= 11 is 0. The number of amides is 1. The van der Waals surface area contributed by atoms with E-state index in [-0.39, 0.29) is 30.3 Å². The number of rotatable bonds is 3. The highest BCUT2D eigenvalue weighted by molar-refractivity contribution is 5.92. The topological polar surface area (TPSA) is 83.4 Å². The van der Waals surface area contributed by atoms with Gasteiger partial charge in [0.25, 0.3) is 5.91 Å². The van der Waals surface area contributed by atoms with Crippen molar-refractivity contribution in [2.45, 2.75) is 44.2 Å². The van der Waals surface area contributed by atoms with Crippen molar-refractivity contribution in [2.75, 3.05) is 0 Å². The summed E-state index contributed by atoms with van der Waals surface area (Å²) in [5.41, 5.74) is 0.376. The Hall–Kier alpha value is -1.98. The molecule has 2 aliphatic rings. The molecule has 2 bridgehead atoms. The number of carbonyl (C=O) groups excluding carboxylic acids is 1. The molecule has 2 aliphatic heterocycles. The molecule has 2 atom stereocenters. The van der Waals surface area contributed by atoms with E-state index in [0.717, 1.165) is 25.7 Å². The van der Waals surface area contributed by atoms with E-state index in [1.807, 2.05) is 4.90 Å². The lowest BCUT2D eigenvalue weighted by Gasteiger charge is -2.38. The fourth-order valence-corrected chi connectivity index (χ4v) is 3.58. The second kappa shape index (κ2) is 5.19. The molecular formula is C14H17N3O3. The molecular weight excluding hydrogens is 258 g/mol. The minimum Gasteiger partial charge on any atom is -0.481 e.